The van der Waals surface area contributed by atoms with Crippen LogP contribution in [-0.2, 0) is 25.7 Å². The first-order chi connectivity index (χ1) is 10.9. The molecule has 2 atom stereocenters. The molecule has 124 valence electrons. The number of esters is 2. The van der Waals surface area contributed by atoms with Crippen molar-refractivity contribution in [2.45, 2.75) is 27.4 Å². The van der Waals surface area contributed by atoms with Crippen LogP contribution in [0.4, 0.5) is 4.39 Å². The van der Waals surface area contributed by atoms with E-state index in [9.17, 15) is 14.0 Å². The van der Waals surface area contributed by atoms with Crippen molar-refractivity contribution in [2.75, 3.05) is 6.61 Å². The van der Waals surface area contributed by atoms with Gasteiger partial charge in [-0.2, -0.15) is 4.39 Å². The highest BCUT2D eigenvalue weighted by Crippen LogP contribution is 2.60. The normalized spacial score (nSPS) is 22.3. The van der Waals surface area contributed by atoms with Crippen molar-refractivity contribution in [1.82, 2.24) is 0 Å². The molecule has 23 heavy (non-hydrogen) atoms. The third-order valence-corrected chi connectivity index (χ3v) is 4.18. The number of ether oxygens (including phenoxy) is 2. The smallest absolute Gasteiger partial charge is 0.366 e. The van der Waals surface area contributed by atoms with Crippen molar-refractivity contribution >= 4 is 11.9 Å². The molecule has 4 nitrogen and oxygen atoms in total. The fraction of sp³-hybridized carbons (Fsp3) is 0.444. The Morgan fingerprint density at radius 1 is 1.22 bits per heavy atom. The van der Waals surface area contributed by atoms with Crippen LogP contribution in [0.2, 0.25) is 0 Å². The van der Waals surface area contributed by atoms with Gasteiger partial charge >= 0.3 is 11.9 Å². The van der Waals surface area contributed by atoms with Gasteiger partial charge in [0.25, 0.3) is 0 Å². The lowest BCUT2D eigenvalue weighted by Gasteiger charge is -2.05. The molecule has 0 radical (unpaired) electrons. The molecule has 0 heterocycles. The Balaban J connectivity index is 1.96. The van der Waals surface area contributed by atoms with E-state index in [1.165, 1.54) is 6.08 Å². The zero-order valence-electron chi connectivity index (χ0n) is 13.5. The summed E-state index contributed by atoms with van der Waals surface area (Å²) in [5, 5.41) is 0. The summed E-state index contributed by atoms with van der Waals surface area (Å²) < 4.78 is 23.6. The topological polar surface area (TPSA) is 52.6 Å². The maximum absolute atomic E-state index is 13.7. The van der Waals surface area contributed by atoms with E-state index in [0.29, 0.717) is 0 Å². The highest BCUT2D eigenvalue weighted by molar-refractivity contribution is 5.86. The summed E-state index contributed by atoms with van der Waals surface area (Å²) in [6.07, 6.45) is 1.17. The number of hydrogen-bond acceptors (Lipinski definition) is 4. The monoisotopic (exact) mass is 320 g/mol. The van der Waals surface area contributed by atoms with Crippen molar-refractivity contribution in [3.8, 4) is 0 Å². The number of allylic oxidation sites excluding steroid dienone is 1. The minimum Gasteiger partial charge on any atom is -0.461 e. The zero-order valence-corrected chi connectivity index (χ0v) is 13.5. The molecule has 0 unspecified atom stereocenters. The molecule has 0 bridgehead atoms. The molecule has 1 fully saturated rings. The van der Waals surface area contributed by atoms with Gasteiger partial charge < -0.3 is 9.47 Å². The Labute approximate surface area is 135 Å². The van der Waals surface area contributed by atoms with Crippen LogP contribution in [0.1, 0.15) is 26.3 Å². The molecule has 0 aromatic heterocycles. The van der Waals surface area contributed by atoms with Crippen molar-refractivity contribution in [3.05, 3.63) is 47.8 Å². The van der Waals surface area contributed by atoms with Gasteiger partial charge in [-0.3, -0.25) is 4.79 Å². The summed E-state index contributed by atoms with van der Waals surface area (Å²) in [5.74, 6) is -3.15. The van der Waals surface area contributed by atoms with Crippen molar-refractivity contribution < 1.29 is 23.5 Å². The lowest BCUT2D eigenvalue weighted by Crippen LogP contribution is -2.10. The van der Waals surface area contributed by atoms with Gasteiger partial charge in [-0.1, -0.05) is 44.2 Å². The average Bonchev–Trinajstić information content (AvgIpc) is 3.06. The number of benzene rings is 1. The van der Waals surface area contributed by atoms with Crippen LogP contribution in [0.15, 0.2) is 42.2 Å². The fourth-order valence-corrected chi connectivity index (χ4v) is 2.68. The third-order valence-electron chi connectivity index (χ3n) is 4.18. The Bertz CT molecular complexity index is 607. The predicted octanol–water partition coefficient (Wildman–Crippen LogP) is 3.42. The van der Waals surface area contributed by atoms with Gasteiger partial charge in [0, 0.05) is 0 Å². The Morgan fingerprint density at radius 3 is 2.48 bits per heavy atom. The highest BCUT2D eigenvalue weighted by atomic mass is 19.1. The Kier molecular flexibility index (Phi) is 5.19. The molecule has 0 saturated heterocycles. The molecule has 0 amide bonds. The van der Waals surface area contributed by atoms with E-state index < -0.39 is 23.1 Å². The molecule has 1 aromatic carbocycles. The molecular formula is C18H21FO4. The van der Waals surface area contributed by atoms with E-state index in [1.807, 2.05) is 44.2 Å². The first-order valence-corrected chi connectivity index (χ1v) is 7.63. The number of halogens is 1. The van der Waals surface area contributed by atoms with E-state index in [-0.39, 0.29) is 25.1 Å². The maximum atomic E-state index is 13.7. The molecular weight excluding hydrogens is 299 g/mol. The van der Waals surface area contributed by atoms with Gasteiger partial charge in [0.05, 0.1) is 12.5 Å². The number of hydrogen-bond donors (Lipinski definition) is 0. The van der Waals surface area contributed by atoms with E-state index in [4.69, 9.17) is 4.74 Å². The minimum absolute atomic E-state index is 0.108. The van der Waals surface area contributed by atoms with E-state index in [0.717, 1.165) is 5.56 Å². The predicted molar refractivity (Wildman–Crippen MR) is 82.8 cm³/mol. The van der Waals surface area contributed by atoms with Gasteiger partial charge in [-0.15, -0.1) is 0 Å². The van der Waals surface area contributed by atoms with Crippen LogP contribution in [0.3, 0.4) is 0 Å². The molecule has 1 saturated carbocycles. The van der Waals surface area contributed by atoms with E-state index >= 15 is 0 Å². The third kappa shape index (κ3) is 3.97. The summed E-state index contributed by atoms with van der Waals surface area (Å²) in [7, 11) is 0. The second-order valence-corrected chi connectivity index (χ2v) is 6.15. The molecule has 5 heteroatoms. The number of carbonyl (C=O) groups excluding carboxylic acids is 2. The van der Waals surface area contributed by atoms with Crippen LogP contribution >= 0.6 is 0 Å². The van der Waals surface area contributed by atoms with Crippen LogP contribution < -0.4 is 0 Å². The second kappa shape index (κ2) is 6.94. The molecule has 0 N–H and O–H groups in total. The first kappa shape index (κ1) is 17.2. The standard InChI is InChI=1S/C18H21FO4/c1-4-22-16(20)14(19)10-13-15(18(13,2)3)17(21)23-11-12-8-6-5-7-9-12/h5-10,13,15H,4,11H2,1-3H3/t13-,15-/m0/s1. The molecule has 0 aliphatic heterocycles. The van der Waals surface area contributed by atoms with Crippen molar-refractivity contribution in [3.63, 3.8) is 0 Å². The number of rotatable bonds is 6. The lowest BCUT2D eigenvalue weighted by atomic mass is 10.1. The molecule has 1 aliphatic carbocycles. The summed E-state index contributed by atoms with van der Waals surface area (Å²) in [5.41, 5.74) is 0.460. The van der Waals surface area contributed by atoms with Crippen LogP contribution in [0.25, 0.3) is 0 Å². The largest absolute Gasteiger partial charge is 0.461 e. The Morgan fingerprint density at radius 2 is 1.87 bits per heavy atom. The fourth-order valence-electron chi connectivity index (χ4n) is 2.68. The molecule has 2 rings (SSSR count). The van der Waals surface area contributed by atoms with Gasteiger partial charge in [-0.05, 0) is 29.9 Å². The first-order valence-electron chi connectivity index (χ1n) is 7.63. The SMILES string of the molecule is CCOC(=O)C(F)=C[C@H]1[C@@H](C(=O)OCc2ccccc2)C1(C)C. The van der Waals surface area contributed by atoms with Gasteiger partial charge in [0.15, 0.2) is 0 Å². The van der Waals surface area contributed by atoms with E-state index in [1.54, 1.807) is 6.92 Å². The zero-order chi connectivity index (χ0) is 17.0. The number of carbonyl (C=O) groups is 2. The minimum atomic E-state index is -0.994. The summed E-state index contributed by atoms with van der Waals surface area (Å²) in [4.78, 5) is 23.5. The summed E-state index contributed by atoms with van der Waals surface area (Å²) in [6, 6.07) is 9.34. The molecule has 0 spiro atoms. The quantitative estimate of drug-likeness (QED) is 0.595. The van der Waals surface area contributed by atoms with Crippen LogP contribution in [0, 0.1) is 17.3 Å². The van der Waals surface area contributed by atoms with Gasteiger partial charge in [0.1, 0.15) is 6.61 Å². The highest BCUT2D eigenvalue weighted by Gasteiger charge is 2.62. The molecule has 1 aromatic rings. The Hall–Kier alpha value is -2.17. The summed E-state index contributed by atoms with van der Waals surface area (Å²) in [6.45, 7) is 5.60. The van der Waals surface area contributed by atoms with E-state index in [2.05, 4.69) is 4.74 Å². The summed E-state index contributed by atoms with van der Waals surface area (Å²) >= 11 is 0. The second-order valence-electron chi connectivity index (χ2n) is 6.15. The average molecular weight is 320 g/mol. The van der Waals surface area contributed by atoms with Crippen molar-refractivity contribution in [1.29, 1.82) is 0 Å². The van der Waals surface area contributed by atoms with Gasteiger partial charge in [-0.25, -0.2) is 4.79 Å². The van der Waals surface area contributed by atoms with Crippen LogP contribution in [-0.4, -0.2) is 18.5 Å². The van der Waals surface area contributed by atoms with Crippen LogP contribution in [0.5, 0.6) is 0 Å². The molecule has 1 aliphatic rings. The lowest BCUT2D eigenvalue weighted by molar-refractivity contribution is -0.147. The van der Waals surface area contributed by atoms with Gasteiger partial charge in [0.2, 0.25) is 5.83 Å². The maximum Gasteiger partial charge on any atom is 0.366 e. The van der Waals surface area contributed by atoms with Crippen molar-refractivity contribution in [2.24, 2.45) is 17.3 Å².